The fourth-order valence-corrected chi connectivity index (χ4v) is 5.16. The number of carbonyl (C=O) groups is 1. The van der Waals surface area contributed by atoms with E-state index in [9.17, 15) is 13.2 Å². The van der Waals surface area contributed by atoms with Crippen LogP contribution in [-0.2, 0) is 29.5 Å². The average molecular weight is 500 g/mol. The van der Waals surface area contributed by atoms with Gasteiger partial charge < -0.3 is 4.90 Å². The number of aromatic nitrogens is 1. The molecule has 1 aromatic heterocycles. The highest BCUT2D eigenvalue weighted by Crippen LogP contribution is 2.23. The number of sulfonamides is 1. The van der Waals surface area contributed by atoms with Crippen molar-refractivity contribution >= 4 is 21.6 Å². The Hall–Kier alpha value is -3.97. The minimum Gasteiger partial charge on any atom is -0.330 e. The van der Waals surface area contributed by atoms with E-state index in [1.54, 1.807) is 53.7 Å². The number of anilines is 1. The zero-order valence-corrected chi connectivity index (χ0v) is 21.2. The molecule has 0 atom stereocenters. The van der Waals surface area contributed by atoms with Crippen molar-refractivity contribution in [3.63, 3.8) is 0 Å². The van der Waals surface area contributed by atoms with Crippen molar-refractivity contribution in [2.45, 2.75) is 31.3 Å². The van der Waals surface area contributed by atoms with Crippen molar-refractivity contribution < 1.29 is 13.2 Å². The van der Waals surface area contributed by atoms with Gasteiger partial charge in [-0.2, -0.15) is 0 Å². The second-order valence-corrected chi connectivity index (χ2v) is 10.5. The fourth-order valence-electron chi connectivity index (χ4n) is 3.92. The average Bonchev–Trinajstić information content (AvgIpc) is 2.93. The maximum atomic E-state index is 13.7. The van der Waals surface area contributed by atoms with Gasteiger partial charge in [0.25, 0.3) is 15.9 Å². The van der Waals surface area contributed by atoms with Crippen molar-refractivity contribution in [3.05, 3.63) is 126 Å². The Labute approximate surface area is 212 Å². The lowest BCUT2D eigenvalue weighted by Crippen LogP contribution is -2.31. The summed E-state index contributed by atoms with van der Waals surface area (Å²) in [5.74, 6) is -0.252. The van der Waals surface area contributed by atoms with E-state index in [-0.39, 0.29) is 10.8 Å². The van der Waals surface area contributed by atoms with E-state index in [1.807, 2.05) is 30.3 Å². The van der Waals surface area contributed by atoms with Crippen molar-refractivity contribution in [1.29, 1.82) is 0 Å². The van der Waals surface area contributed by atoms with E-state index in [2.05, 4.69) is 24.0 Å². The Bertz CT molecular complexity index is 1410. The zero-order chi connectivity index (χ0) is 25.5. The van der Waals surface area contributed by atoms with Crippen LogP contribution in [0.25, 0.3) is 0 Å². The van der Waals surface area contributed by atoms with Gasteiger partial charge >= 0.3 is 0 Å². The lowest BCUT2D eigenvalue weighted by atomic mass is 10.1. The fraction of sp³-hybridized carbons (Fsp3) is 0.172. The van der Waals surface area contributed by atoms with Crippen LogP contribution in [0.1, 0.15) is 34.0 Å². The third-order valence-electron chi connectivity index (χ3n) is 6.05. The number of para-hydroxylation sites is 1. The molecule has 4 rings (SSSR count). The van der Waals surface area contributed by atoms with Crippen LogP contribution >= 0.6 is 0 Å². The highest BCUT2D eigenvalue weighted by Gasteiger charge is 2.24. The molecule has 3 aromatic carbocycles. The zero-order valence-electron chi connectivity index (χ0n) is 20.4. The molecule has 4 aromatic rings. The third kappa shape index (κ3) is 5.80. The van der Waals surface area contributed by atoms with Crippen LogP contribution < -0.4 is 4.31 Å². The molecule has 0 saturated heterocycles. The molecule has 0 bridgehead atoms. The Balaban J connectivity index is 1.64. The first kappa shape index (κ1) is 25.1. The maximum absolute atomic E-state index is 13.7. The number of benzene rings is 3. The lowest BCUT2D eigenvalue weighted by Gasteiger charge is -2.24. The molecular weight excluding hydrogens is 470 g/mol. The van der Waals surface area contributed by atoms with Crippen molar-refractivity contribution in [2.24, 2.45) is 0 Å². The molecule has 1 heterocycles. The molecular formula is C29H29N3O3S. The van der Waals surface area contributed by atoms with Crippen LogP contribution in [0.15, 0.2) is 108 Å². The molecule has 0 aliphatic heterocycles. The number of amides is 1. The topological polar surface area (TPSA) is 70.6 Å². The molecule has 184 valence electrons. The summed E-state index contributed by atoms with van der Waals surface area (Å²) in [6.07, 6.45) is 4.37. The lowest BCUT2D eigenvalue weighted by molar-refractivity contribution is 0.0729. The molecule has 0 unspecified atom stereocenters. The summed E-state index contributed by atoms with van der Waals surface area (Å²) in [7, 11) is -2.34. The van der Waals surface area contributed by atoms with Gasteiger partial charge in [0.2, 0.25) is 0 Å². The number of aryl methyl sites for hydroxylation is 1. The van der Waals surface area contributed by atoms with Crippen LogP contribution in [0, 0.1) is 0 Å². The number of hydrogen-bond acceptors (Lipinski definition) is 4. The first-order valence-corrected chi connectivity index (χ1v) is 13.2. The minimum atomic E-state index is -3.85. The molecule has 1 amide bonds. The van der Waals surface area contributed by atoms with Crippen molar-refractivity contribution in [3.8, 4) is 0 Å². The van der Waals surface area contributed by atoms with Gasteiger partial charge in [-0.15, -0.1) is 0 Å². The highest BCUT2D eigenvalue weighted by atomic mass is 32.2. The second-order valence-electron chi connectivity index (χ2n) is 8.53. The van der Waals surface area contributed by atoms with Crippen LogP contribution in [0.3, 0.4) is 0 Å². The number of hydrogen-bond donors (Lipinski definition) is 0. The van der Waals surface area contributed by atoms with E-state index < -0.39 is 10.0 Å². The predicted molar refractivity (Wildman–Crippen MR) is 142 cm³/mol. The van der Waals surface area contributed by atoms with Gasteiger partial charge in [0, 0.05) is 38.1 Å². The van der Waals surface area contributed by atoms with E-state index in [1.165, 1.54) is 29.0 Å². The van der Waals surface area contributed by atoms with Crippen LogP contribution in [0.2, 0.25) is 0 Å². The van der Waals surface area contributed by atoms with Crippen molar-refractivity contribution in [1.82, 2.24) is 9.88 Å². The van der Waals surface area contributed by atoms with Gasteiger partial charge in [0.15, 0.2) is 0 Å². The number of nitrogens with zero attached hydrogens (tertiary/aromatic N) is 3. The second kappa shape index (κ2) is 11.2. The molecule has 7 heteroatoms. The predicted octanol–water partition coefficient (Wildman–Crippen LogP) is 5.31. The summed E-state index contributed by atoms with van der Waals surface area (Å²) in [5, 5.41) is 0. The molecule has 0 fully saturated rings. The monoisotopic (exact) mass is 499 g/mol. The molecule has 0 aliphatic carbocycles. The third-order valence-corrected chi connectivity index (χ3v) is 7.83. The molecule has 0 saturated carbocycles. The number of carbonyl (C=O) groups excluding carboxylic acids is 1. The molecule has 0 spiro atoms. The summed E-state index contributed by atoms with van der Waals surface area (Å²) < 4.78 is 27.8. The number of rotatable bonds is 9. The van der Waals surface area contributed by atoms with Crippen molar-refractivity contribution in [2.75, 3.05) is 11.4 Å². The van der Waals surface area contributed by atoms with Gasteiger partial charge in [-0.05, 0) is 59.5 Å². The van der Waals surface area contributed by atoms with E-state index in [0.29, 0.717) is 24.3 Å². The van der Waals surface area contributed by atoms with Gasteiger partial charge in [-0.1, -0.05) is 61.5 Å². The van der Waals surface area contributed by atoms with Crippen LogP contribution in [0.5, 0.6) is 0 Å². The Morgan fingerprint density at radius 2 is 1.50 bits per heavy atom. The molecule has 0 aliphatic rings. The summed E-state index contributed by atoms with van der Waals surface area (Å²) in [6.45, 7) is 2.84. The quantitative estimate of drug-likeness (QED) is 0.313. The van der Waals surface area contributed by atoms with E-state index in [0.717, 1.165) is 17.5 Å². The minimum absolute atomic E-state index is 0.0633. The van der Waals surface area contributed by atoms with Crippen LogP contribution in [0.4, 0.5) is 5.69 Å². The molecule has 0 N–H and O–H groups in total. The Morgan fingerprint density at radius 3 is 2.17 bits per heavy atom. The van der Waals surface area contributed by atoms with Gasteiger partial charge in [-0.25, -0.2) is 8.42 Å². The molecule has 6 nitrogen and oxygen atoms in total. The summed E-state index contributed by atoms with van der Waals surface area (Å²) in [4.78, 5) is 19.6. The standard InChI is InChI=1S/C29H29N3O3S/c1-3-23-14-16-24(17-15-23)21-32(22-25-9-8-18-30-20-25)29(33)26-10-7-13-28(19-26)36(34,35)31(2)27-11-5-4-6-12-27/h4-20H,3,21-22H2,1-2H3. The van der Waals surface area contributed by atoms with E-state index in [4.69, 9.17) is 0 Å². The first-order chi connectivity index (χ1) is 17.4. The van der Waals surface area contributed by atoms with Gasteiger partial charge in [0.1, 0.15) is 0 Å². The largest absolute Gasteiger partial charge is 0.330 e. The first-order valence-electron chi connectivity index (χ1n) is 11.8. The normalized spacial score (nSPS) is 11.2. The summed E-state index contributed by atoms with van der Waals surface area (Å²) in [5.41, 5.74) is 3.97. The smallest absolute Gasteiger partial charge is 0.264 e. The number of pyridine rings is 1. The van der Waals surface area contributed by atoms with Crippen LogP contribution in [-0.4, -0.2) is 31.3 Å². The summed E-state index contributed by atoms with van der Waals surface area (Å²) in [6, 6.07) is 27.0. The molecule has 36 heavy (non-hydrogen) atoms. The summed E-state index contributed by atoms with van der Waals surface area (Å²) >= 11 is 0. The highest BCUT2D eigenvalue weighted by molar-refractivity contribution is 7.92. The van der Waals surface area contributed by atoms with Gasteiger partial charge in [-0.3, -0.25) is 14.1 Å². The molecule has 0 radical (unpaired) electrons. The van der Waals surface area contributed by atoms with Gasteiger partial charge in [0.05, 0.1) is 10.6 Å². The Kier molecular flexibility index (Phi) is 7.80. The Morgan fingerprint density at radius 1 is 0.806 bits per heavy atom. The SMILES string of the molecule is CCc1ccc(CN(Cc2cccnc2)C(=O)c2cccc(S(=O)(=O)N(C)c3ccccc3)c2)cc1. The maximum Gasteiger partial charge on any atom is 0.264 e. The van der Waals surface area contributed by atoms with E-state index >= 15 is 0 Å².